The lowest BCUT2D eigenvalue weighted by Gasteiger charge is -2.09. The Labute approximate surface area is 91.6 Å². The predicted molar refractivity (Wildman–Crippen MR) is 58.0 cm³/mol. The number of aliphatic hydroxyl groups excluding tert-OH is 1. The van der Waals surface area contributed by atoms with Crippen molar-refractivity contribution in [1.82, 2.24) is 9.94 Å². The van der Waals surface area contributed by atoms with E-state index < -0.39 is 0 Å². The van der Waals surface area contributed by atoms with Gasteiger partial charge in [-0.3, -0.25) is 4.99 Å². The Kier molecular flexibility index (Phi) is 2.74. The summed E-state index contributed by atoms with van der Waals surface area (Å²) < 4.78 is 0. The van der Waals surface area contributed by atoms with Gasteiger partial charge < -0.3 is 16.0 Å². The van der Waals surface area contributed by atoms with E-state index in [1.165, 1.54) is 12.4 Å². The van der Waals surface area contributed by atoms with Crippen LogP contribution in [0.5, 0.6) is 0 Å². The summed E-state index contributed by atoms with van der Waals surface area (Å²) in [6.07, 6.45) is 2.91. The molecule has 0 atom stereocenters. The molecule has 4 N–H and O–H groups in total. The van der Waals surface area contributed by atoms with Crippen LogP contribution in [-0.4, -0.2) is 33.4 Å². The van der Waals surface area contributed by atoms with Gasteiger partial charge in [-0.1, -0.05) is 0 Å². The average molecular weight is 220 g/mol. The Hall–Kier alpha value is -2.08. The molecule has 84 valence electrons. The topological polar surface area (TPSA) is 96.7 Å². The second-order valence-corrected chi connectivity index (χ2v) is 3.30. The van der Waals surface area contributed by atoms with Crippen LogP contribution in [0.15, 0.2) is 29.5 Å². The first-order valence-electron chi connectivity index (χ1n) is 4.80. The second kappa shape index (κ2) is 4.19. The van der Waals surface area contributed by atoms with E-state index in [4.69, 9.17) is 10.8 Å². The van der Waals surface area contributed by atoms with E-state index in [9.17, 15) is 5.21 Å². The molecule has 2 aliphatic rings. The molecule has 0 aromatic carbocycles. The predicted octanol–water partition coefficient (Wildman–Crippen LogP) is -0.300. The Bertz CT molecular complexity index is 535. The van der Waals surface area contributed by atoms with Gasteiger partial charge in [0.1, 0.15) is 0 Å². The van der Waals surface area contributed by atoms with Crippen LogP contribution in [0.3, 0.4) is 0 Å². The van der Waals surface area contributed by atoms with Crippen molar-refractivity contribution >= 4 is 5.69 Å². The highest BCUT2D eigenvalue weighted by atomic mass is 16.5. The van der Waals surface area contributed by atoms with Gasteiger partial charge in [-0.25, -0.2) is 0 Å². The fourth-order valence-corrected chi connectivity index (χ4v) is 1.50. The maximum Gasteiger partial charge on any atom is 0.0749 e. The van der Waals surface area contributed by atoms with E-state index >= 15 is 0 Å². The second-order valence-electron chi connectivity index (χ2n) is 3.30. The number of aromatic nitrogens is 2. The van der Waals surface area contributed by atoms with Crippen molar-refractivity contribution in [1.29, 1.82) is 0 Å². The molecule has 6 heteroatoms. The van der Waals surface area contributed by atoms with Crippen molar-refractivity contribution in [2.45, 2.75) is 0 Å². The summed E-state index contributed by atoms with van der Waals surface area (Å²) in [5.41, 5.74) is 7.78. The summed E-state index contributed by atoms with van der Waals surface area (Å²) >= 11 is 0. The smallest absolute Gasteiger partial charge is 0.0749 e. The van der Waals surface area contributed by atoms with Crippen LogP contribution in [0.25, 0.3) is 11.1 Å². The molecule has 0 fully saturated rings. The zero-order valence-corrected chi connectivity index (χ0v) is 8.54. The zero-order valence-electron chi connectivity index (χ0n) is 8.54. The monoisotopic (exact) mass is 220 g/mol. The van der Waals surface area contributed by atoms with Crippen molar-refractivity contribution in [3.63, 3.8) is 0 Å². The molecule has 0 unspecified atom stereocenters. The van der Waals surface area contributed by atoms with Gasteiger partial charge in [0, 0.05) is 16.8 Å². The number of anilines is 1. The first-order valence-corrected chi connectivity index (χ1v) is 4.80. The summed E-state index contributed by atoms with van der Waals surface area (Å²) in [5, 5.41) is 22.3. The Morgan fingerprint density at radius 2 is 2.19 bits per heavy atom. The number of nitrogen functional groups attached to an aromatic ring is 1. The summed E-state index contributed by atoms with van der Waals surface area (Å²) in [5.74, 6) is 0. The van der Waals surface area contributed by atoms with Gasteiger partial charge in [0.05, 0.1) is 30.9 Å². The highest BCUT2D eigenvalue weighted by molar-refractivity contribution is 5.75. The number of fused-ring (bicyclic) bond motifs is 1. The molecule has 0 aromatic rings. The van der Waals surface area contributed by atoms with Crippen LogP contribution in [0.4, 0.5) is 5.69 Å². The molecule has 16 heavy (non-hydrogen) atoms. The van der Waals surface area contributed by atoms with Gasteiger partial charge in [0.2, 0.25) is 0 Å². The third-order valence-corrected chi connectivity index (χ3v) is 2.23. The molecule has 1 aliphatic heterocycles. The lowest BCUT2D eigenvalue weighted by atomic mass is 10.1. The first-order chi connectivity index (χ1) is 7.72. The fraction of sp³-hybridized carbons (Fsp3) is 0.200. The lowest BCUT2D eigenvalue weighted by molar-refractivity contribution is 0.144. The minimum absolute atomic E-state index is 0.0178. The summed E-state index contributed by atoms with van der Waals surface area (Å²) in [7, 11) is 0. The maximum absolute atomic E-state index is 9.24. The van der Waals surface area contributed by atoms with E-state index in [-0.39, 0.29) is 6.61 Å². The lowest BCUT2D eigenvalue weighted by Crippen LogP contribution is -2.13. The molecular weight excluding hydrogens is 208 g/mol. The number of benzene rings is 1. The van der Waals surface area contributed by atoms with Crippen LogP contribution in [-0.2, 0) is 0 Å². The number of nitrogens with zero attached hydrogens (tertiary/aromatic N) is 3. The summed E-state index contributed by atoms with van der Waals surface area (Å²) in [4.78, 5) is 4.89. The van der Waals surface area contributed by atoms with Crippen molar-refractivity contribution in [2.75, 3.05) is 18.9 Å². The van der Waals surface area contributed by atoms with Gasteiger partial charge in [0.15, 0.2) is 0 Å². The van der Waals surface area contributed by atoms with Crippen LogP contribution in [0.2, 0.25) is 0 Å². The van der Waals surface area contributed by atoms with E-state index in [1.807, 2.05) is 0 Å². The van der Waals surface area contributed by atoms with Crippen LogP contribution >= 0.6 is 0 Å². The molecule has 0 saturated carbocycles. The van der Waals surface area contributed by atoms with Gasteiger partial charge >= 0.3 is 0 Å². The van der Waals surface area contributed by atoms with Gasteiger partial charge in [-0.15, -0.1) is 9.94 Å². The van der Waals surface area contributed by atoms with E-state index in [2.05, 4.69) is 10.1 Å². The van der Waals surface area contributed by atoms with Crippen molar-refractivity contribution in [2.24, 2.45) is 4.99 Å². The van der Waals surface area contributed by atoms with Crippen LogP contribution in [0.1, 0.15) is 0 Å². The first kappa shape index (κ1) is 10.4. The average Bonchev–Trinajstić information content (AvgIpc) is 2.28. The fourth-order valence-electron chi connectivity index (χ4n) is 1.50. The Morgan fingerprint density at radius 3 is 2.94 bits per heavy atom. The molecule has 1 heterocycles. The highest BCUT2D eigenvalue weighted by Gasteiger charge is 2.08. The molecular formula is C10H12N4O2. The number of nitrogens with two attached hydrogens (primary N) is 1. The third-order valence-electron chi connectivity index (χ3n) is 2.23. The molecule has 0 saturated heterocycles. The Balaban J connectivity index is 2.69. The van der Waals surface area contributed by atoms with Gasteiger partial charge in [-0.05, 0) is 12.1 Å². The maximum atomic E-state index is 9.24. The number of hydrogen-bond acceptors (Lipinski definition) is 5. The zero-order chi connectivity index (χ0) is 11.5. The molecule has 0 radical (unpaired) electrons. The summed E-state index contributed by atoms with van der Waals surface area (Å²) in [6.45, 7) is 0.294. The third kappa shape index (κ3) is 1.82. The number of rotatable bonds is 2. The summed E-state index contributed by atoms with van der Waals surface area (Å²) in [6, 6.07) is 3.47. The molecule has 0 bridgehead atoms. The molecule has 1 aliphatic carbocycles. The van der Waals surface area contributed by atoms with E-state index in [0.717, 1.165) is 5.56 Å². The van der Waals surface area contributed by atoms with Crippen LogP contribution in [0, 0.1) is 0 Å². The molecule has 0 aromatic heterocycles. The SMILES string of the molecule is Nc1ccc(=NCCO)c2cn(O)ncc1-2. The largest absolute Gasteiger partial charge is 0.412 e. The normalized spacial score (nSPS) is 12.2. The van der Waals surface area contributed by atoms with Gasteiger partial charge in [0.25, 0.3) is 0 Å². The van der Waals surface area contributed by atoms with Crippen molar-refractivity contribution in [3.05, 3.63) is 29.9 Å². The molecule has 0 spiro atoms. The van der Waals surface area contributed by atoms with E-state index in [1.54, 1.807) is 12.1 Å². The minimum atomic E-state index is -0.0178. The van der Waals surface area contributed by atoms with Crippen molar-refractivity contribution in [3.8, 4) is 11.1 Å². The van der Waals surface area contributed by atoms with Crippen LogP contribution < -0.4 is 11.1 Å². The highest BCUT2D eigenvalue weighted by Crippen LogP contribution is 2.22. The van der Waals surface area contributed by atoms with Gasteiger partial charge in [-0.2, -0.15) is 0 Å². The number of hydrogen-bond donors (Lipinski definition) is 3. The number of aliphatic hydroxyl groups is 1. The van der Waals surface area contributed by atoms with E-state index in [0.29, 0.717) is 28.0 Å². The minimum Gasteiger partial charge on any atom is -0.412 e. The Morgan fingerprint density at radius 1 is 1.38 bits per heavy atom. The molecule has 2 rings (SSSR count). The quantitative estimate of drug-likeness (QED) is 0.478. The molecule has 0 amide bonds. The molecule has 6 nitrogen and oxygen atoms in total. The standard InChI is InChI=1S/C10H12N4O2/c11-9-1-2-10(12-3-4-15)8-6-14(16)13-5-7(8)9/h1-2,5-6,15-16H,3-4,11H2. The van der Waals surface area contributed by atoms with Crippen molar-refractivity contribution < 1.29 is 10.3 Å².